The highest BCUT2D eigenvalue weighted by Crippen LogP contribution is 2.33. The third-order valence-corrected chi connectivity index (χ3v) is 5.71. The molecule has 0 unspecified atom stereocenters. The first kappa shape index (κ1) is 16.1. The number of hydrogen-bond donors (Lipinski definition) is 2. The summed E-state index contributed by atoms with van der Waals surface area (Å²) in [6.45, 7) is 0. The van der Waals surface area contributed by atoms with Crippen molar-refractivity contribution in [3.8, 4) is 33.2 Å². The van der Waals surface area contributed by atoms with Gasteiger partial charge in [0, 0.05) is 40.0 Å². The molecular weight excluding hydrogens is 382 g/mol. The first-order valence-corrected chi connectivity index (χ1v) is 9.87. The Balaban J connectivity index is 1.53. The van der Waals surface area contributed by atoms with E-state index in [1.807, 2.05) is 30.5 Å². The number of aromatic nitrogens is 7. The van der Waals surface area contributed by atoms with Gasteiger partial charge in [-0.2, -0.15) is 5.10 Å². The van der Waals surface area contributed by atoms with Crippen LogP contribution in [0.25, 0.3) is 55.2 Å². The smallest absolute Gasteiger partial charge is 0.159 e. The molecule has 0 atom stereocenters. The minimum absolute atomic E-state index is 0.695. The van der Waals surface area contributed by atoms with Crippen molar-refractivity contribution < 1.29 is 0 Å². The Hall–Kier alpha value is -3.91. The molecule has 0 aliphatic rings. The van der Waals surface area contributed by atoms with E-state index in [-0.39, 0.29) is 0 Å². The second-order valence-corrected chi connectivity index (χ2v) is 7.52. The van der Waals surface area contributed by atoms with Crippen LogP contribution in [0.4, 0.5) is 0 Å². The monoisotopic (exact) mass is 395 g/mol. The second kappa shape index (κ2) is 6.32. The van der Waals surface area contributed by atoms with Crippen LogP contribution in [-0.2, 0) is 0 Å². The molecule has 29 heavy (non-hydrogen) atoms. The standard InChI is InChI=1S/C21H13N7S/c1-3-12(8-22-5-1)15-7-13-16(11-24-15)27-28-20(13)21-25-17-10-23-9-14(19(17)26-21)18-4-2-6-29-18/h1-11H,(H,25,26)(H,27,28). The molecule has 0 saturated heterocycles. The molecule has 6 aromatic heterocycles. The van der Waals surface area contributed by atoms with Crippen molar-refractivity contribution in [2.45, 2.75) is 0 Å². The summed E-state index contributed by atoms with van der Waals surface area (Å²) in [7, 11) is 0. The first-order valence-electron chi connectivity index (χ1n) is 8.99. The minimum Gasteiger partial charge on any atom is -0.335 e. The molecule has 0 fully saturated rings. The van der Waals surface area contributed by atoms with E-state index in [0.717, 1.165) is 49.3 Å². The number of H-pyrrole nitrogens is 2. The van der Waals surface area contributed by atoms with Gasteiger partial charge >= 0.3 is 0 Å². The van der Waals surface area contributed by atoms with Gasteiger partial charge in [-0.15, -0.1) is 11.3 Å². The fourth-order valence-electron chi connectivity index (χ4n) is 3.43. The minimum atomic E-state index is 0.695. The third kappa shape index (κ3) is 2.61. The molecule has 0 bridgehead atoms. The first-order chi connectivity index (χ1) is 14.4. The molecule has 0 aliphatic carbocycles. The van der Waals surface area contributed by atoms with Crippen molar-refractivity contribution in [2.75, 3.05) is 0 Å². The maximum atomic E-state index is 4.86. The topological polar surface area (TPSA) is 96.0 Å². The summed E-state index contributed by atoms with van der Waals surface area (Å²) in [5.74, 6) is 0.695. The zero-order valence-electron chi connectivity index (χ0n) is 15.0. The SMILES string of the molecule is c1cncc(-c2cc3c(-c4nc5c(-c6cccs6)cncc5[nH]4)n[nH]c3cn2)c1. The predicted molar refractivity (Wildman–Crippen MR) is 113 cm³/mol. The lowest BCUT2D eigenvalue weighted by molar-refractivity contribution is 1.10. The number of nitrogens with one attached hydrogen (secondary N) is 2. The fraction of sp³-hybridized carbons (Fsp3) is 0. The normalized spacial score (nSPS) is 11.4. The van der Waals surface area contributed by atoms with Gasteiger partial charge in [0.2, 0.25) is 0 Å². The van der Waals surface area contributed by atoms with Crippen molar-refractivity contribution in [2.24, 2.45) is 0 Å². The number of thiophene rings is 1. The van der Waals surface area contributed by atoms with Gasteiger partial charge in [-0.3, -0.25) is 20.1 Å². The van der Waals surface area contributed by atoms with Gasteiger partial charge in [-0.05, 0) is 29.6 Å². The molecule has 0 aromatic carbocycles. The van der Waals surface area contributed by atoms with Crippen LogP contribution in [0, 0.1) is 0 Å². The Labute approximate surface area is 168 Å². The number of nitrogens with zero attached hydrogens (tertiary/aromatic N) is 5. The lowest BCUT2D eigenvalue weighted by Gasteiger charge is -2.00. The molecular formula is C21H13N7S. The van der Waals surface area contributed by atoms with Crippen LogP contribution in [0.3, 0.4) is 0 Å². The molecule has 2 N–H and O–H groups in total. The Bertz CT molecular complexity index is 1450. The van der Waals surface area contributed by atoms with E-state index in [4.69, 9.17) is 4.98 Å². The van der Waals surface area contributed by atoms with Gasteiger partial charge in [0.25, 0.3) is 0 Å². The van der Waals surface area contributed by atoms with E-state index in [0.29, 0.717) is 5.82 Å². The van der Waals surface area contributed by atoms with Gasteiger partial charge in [0.15, 0.2) is 5.82 Å². The van der Waals surface area contributed by atoms with Gasteiger partial charge < -0.3 is 4.98 Å². The van der Waals surface area contributed by atoms with Crippen LogP contribution in [0.2, 0.25) is 0 Å². The quantitative estimate of drug-likeness (QED) is 0.453. The van der Waals surface area contributed by atoms with Gasteiger partial charge in [0.1, 0.15) is 11.2 Å². The molecule has 0 amide bonds. The van der Waals surface area contributed by atoms with Gasteiger partial charge in [-0.1, -0.05) is 6.07 Å². The van der Waals surface area contributed by atoms with Crippen LogP contribution >= 0.6 is 11.3 Å². The average molecular weight is 395 g/mol. The zero-order valence-corrected chi connectivity index (χ0v) is 15.8. The summed E-state index contributed by atoms with van der Waals surface area (Å²) in [6.07, 6.45) is 8.98. The number of pyridine rings is 3. The molecule has 7 nitrogen and oxygen atoms in total. The highest BCUT2D eigenvalue weighted by Gasteiger charge is 2.16. The molecule has 0 saturated carbocycles. The molecule has 0 spiro atoms. The fourth-order valence-corrected chi connectivity index (χ4v) is 4.16. The predicted octanol–water partition coefficient (Wildman–Crippen LogP) is 4.69. The van der Waals surface area contributed by atoms with Crippen molar-refractivity contribution in [1.82, 2.24) is 35.1 Å². The summed E-state index contributed by atoms with van der Waals surface area (Å²) < 4.78 is 0. The van der Waals surface area contributed by atoms with Crippen LogP contribution in [0.5, 0.6) is 0 Å². The largest absolute Gasteiger partial charge is 0.335 e. The number of fused-ring (bicyclic) bond motifs is 2. The molecule has 6 aromatic rings. The van der Waals surface area contributed by atoms with E-state index >= 15 is 0 Å². The maximum Gasteiger partial charge on any atom is 0.159 e. The molecule has 138 valence electrons. The highest BCUT2D eigenvalue weighted by molar-refractivity contribution is 7.13. The van der Waals surface area contributed by atoms with E-state index in [1.54, 1.807) is 36.1 Å². The number of imidazole rings is 1. The molecule has 8 heteroatoms. The Morgan fingerprint density at radius 3 is 2.79 bits per heavy atom. The Morgan fingerprint density at radius 1 is 0.931 bits per heavy atom. The molecule has 6 rings (SSSR count). The van der Waals surface area contributed by atoms with Crippen molar-refractivity contribution in [1.29, 1.82) is 0 Å². The third-order valence-electron chi connectivity index (χ3n) is 4.81. The summed E-state index contributed by atoms with van der Waals surface area (Å²) in [4.78, 5) is 22.4. The number of hydrogen-bond acceptors (Lipinski definition) is 6. The van der Waals surface area contributed by atoms with E-state index in [1.165, 1.54) is 0 Å². The number of aromatic amines is 2. The maximum absolute atomic E-state index is 4.86. The summed E-state index contributed by atoms with van der Waals surface area (Å²) >= 11 is 1.67. The van der Waals surface area contributed by atoms with Crippen molar-refractivity contribution in [3.63, 3.8) is 0 Å². The second-order valence-electron chi connectivity index (χ2n) is 6.57. The van der Waals surface area contributed by atoms with Gasteiger partial charge in [0.05, 0.1) is 29.1 Å². The Kier molecular flexibility index (Phi) is 3.50. The van der Waals surface area contributed by atoms with Crippen molar-refractivity contribution >= 4 is 33.3 Å². The van der Waals surface area contributed by atoms with E-state index in [9.17, 15) is 0 Å². The molecule has 0 radical (unpaired) electrons. The molecule has 0 aliphatic heterocycles. The zero-order chi connectivity index (χ0) is 19.2. The summed E-state index contributed by atoms with van der Waals surface area (Å²) in [5, 5.41) is 10.5. The summed E-state index contributed by atoms with van der Waals surface area (Å²) in [5.41, 5.74) is 6.17. The van der Waals surface area contributed by atoms with Crippen LogP contribution < -0.4 is 0 Å². The van der Waals surface area contributed by atoms with Crippen LogP contribution in [-0.4, -0.2) is 35.1 Å². The van der Waals surface area contributed by atoms with E-state index < -0.39 is 0 Å². The average Bonchev–Trinajstić information content (AvgIpc) is 3.52. The Morgan fingerprint density at radius 2 is 1.93 bits per heavy atom. The summed E-state index contributed by atoms with van der Waals surface area (Å²) in [6, 6.07) is 10.00. The van der Waals surface area contributed by atoms with Crippen LogP contribution in [0.15, 0.2) is 66.7 Å². The molecule has 6 heterocycles. The highest BCUT2D eigenvalue weighted by atomic mass is 32.1. The van der Waals surface area contributed by atoms with E-state index in [2.05, 4.69) is 41.6 Å². The van der Waals surface area contributed by atoms with Crippen LogP contribution in [0.1, 0.15) is 0 Å². The lowest BCUT2D eigenvalue weighted by atomic mass is 10.1. The van der Waals surface area contributed by atoms with Crippen molar-refractivity contribution in [3.05, 3.63) is 66.7 Å². The van der Waals surface area contributed by atoms with Gasteiger partial charge in [-0.25, -0.2) is 4.98 Å². The lowest BCUT2D eigenvalue weighted by Crippen LogP contribution is -1.85. The number of rotatable bonds is 3.